The van der Waals surface area contributed by atoms with Gasteiger partial charge in [0.05, 0.1) is 18.5 Å². The Bertz CT molecular complexity index is 1210. The molecule has 0 amide bonds. The molecule has 2 aromatic carbocycles. The van der Waals surface area contributed by atoms with Gasteiger partial charge in [-0.1, -0.05) is 6.58 Å². The number of aromatic nitrogens is 2. The molecule has 3 aromatic rings. The fraction of sp³-hybridized carbons (Fsp3) is 0.296. The van der Waals surface area contributed by atoms with E-state index in [0.29, 0.717) is 17.2 Å². The van der Waals surface area contributed by atoms with Crippen molar-refractivity contribution in [3.05, 3.63) is 72.2 Å². The standard InChI is InChI=1S/C27H29FN4O2/c1-4-22(33)15-20-14-19(8-10-23(20)28)26-18(2)17-29-27(31-26)30-21-9-11-25(34-3)24(16-21)32-12-6-5-7-13-32/h4,8-11,14,16-17H,1,5-7,12-13,15H2,2-3H3,(H,29,30,31). The average molecular weight is 461 g/mol. The molecule has 0 saturated carbocycles. The zero-order chi connectivity index (χ0) is 24.1. The number of allylic oxidation sites excluding steroid dienone is 1. The number of nitrogens with zero attached hydrogens (tertiary/aromatic N) is 3. The van der Waals surface area contributed by atoms with E-state index in [0.717, 1.165) is 41.3 Å². The number of ketones is 1. The summed E-state index contributed by atoms with van der Waals surface area (Å²) in [5.41, 5.74) is 4.47. The average Bonchev–Trinajstić information content (AvgIpc) is 2.87. The topological polar surface area (TPSA) is 67.3 Å². The zero-order valence-corrected chi connectivity index (χ0v) is 19.6. The van der Waals surface area contributed by atoms with Crippen LogP contribution in [0.25, 0.3) is 11.3 Å². The van der Waals surface area contributed by atoms with Crippen LogP contribution in [0.15, 0.2) is 55.3 Å². The van der Waals surface area contributed by atoms with Gasteiger partial charge in [-0.15, -0.1) is 0 Å². The molecule has 0 aliphatic carbocycles. The van der Waals surface area contributed by atoms with Gasteiger partial charge in [0.25, 0.3) is 0 Å². The molecule has 1 aliphatic rings. The van der Waals surface area contributed by atoms with Crippen molar-refractivity contribution in [2.75, 3.05) is 30.4 Å². The van der Waals surface area contributed by atoms with Crippen LogP contribution in [-0.4, -0.2) is 36.0 Å². The molecule has 0 spiro atoms. The Labute approximate surface area is 199 Å². The number of nitrogens with one attached hydrogen (secondary N) is 1. The highest BCUT2D eigenvalue weighted by Gasteiger charge is 2.17. The van der Waals surface area contributed by atoms with Gasteiger partial charge in [-0.05, 0) is 79.8 Å². The van der Waals surface area contributed by atoms with Gasteiger partial charge in [0, 0.05) is 37.0 Å². The smallest absolute Gasteiger partial charge is 0.227 e. The third-order valence-corrected chi connectivity index (χ3v) is 6.01. The fourth-order valence-corrected chi connectivity index (χ4v) is 4.19. The molecule has 1 saturated heterocycles. The Hall–Kier alpha value is -3.74. The molecule has 6 nitrogen and oxygen atoms in total. The number of carbonyl (C=O) groups is 1. The lowest BCUT2D eigenvalue weighted by Crippen LogP contribution is -2.29. The van der Waals surface area contributed by atoms with Crippen LogP contribution >= 0.6 is 0 Å². The van der Waals surface area contributed by atoms with E-state index >= 15 is 0 Å². The first-order chi connectivity index (χ1) is 16.5. The number of rotatable bonds is 8. The van der Waals surface area contributed by atoms with Gasteiger partial charge >= 0.3 is 0 Å². The van der Waals surface area contributed by atoms with Crippen molar-refractivity contribution in [3.8, 4) is 17.0 Å². The lowest BCUT2D eigenvalue weighted by molar-refractivity contribution is -0.114. The molecule has 0 radical (unpaired) electrons. The largest absolute Gasteiger partial charge is 0.495 e. The molecule has 1 fully saturated rings. The highest BCUT2D eigenvalue weighted by Crippen LogP contribution is 2.34. The summed E-state index contributed by atoms with van der Waals surface area (Å²) in [5, 5.41) is 3.29. The minimum Gasteiger partial charge on any atom is -0.495 e. The number of halogens is 1. The first-order valence-electron chi connectivity index (χ1n) is 11.5. The second-order valence-electron chi connectivity index (χ2n) is 8.44. The van der Waals surface area contributed by atoms with Crippen LogP contribution in [-0.2, 0) is 11.2 Å². The van der Waals surface area contributed by atoms with Gasteiger partial charge in [-0.2, -0.15) is 0 Å². The van der Waals surface area contributed by atoms with Crippen LogP contribution in [0.3, 0.4) is 0 Å². The third-order valence-electron chi connectivity index (χ3n) is 6.01. The second-order valence-corrected chi connectivity index (χ2v) is 8.44. The summed E-state index contributed by atoms with van der Waals surface area (Å²) in [4.78, 5) is 23.2. The zero-order valence-electron chi connectivity index (χ0n) is 19.6. The molecular formula is C27H29FN4O2. The number of methoxy groups -OCH3 is 1. The number of aryl methyl sites for hydroxylation is 1. The lowest BCUT2D eigenvalue weighted by Gasteiger charge is -2.30. The van der Waals surface area contributed by atoms with Gasteiger partial charge in [0.15, 0.2) is 5.78 Å². The van der Waals surface area contributed by atoms with Crippen molar-refractivity contribution in [1.29, 1.82) is 0 Å². The van der Waals surface area contributed by atoms with Crippen molar-refractivity contribution in [2.24, 2.45) is 0 Å². The number of ether oxygens (including phenoxy) is 1. The molecule has 2 heterocycles. The predicted molar refractivity (Wildman–Crippen MR) is 133 cm³/mol. The lowest BCUT2D eigenvalue weighted by atomic mass is 10.0. The van der Waals surface area contributed by atoms with Crippen LogP contribution in [0, 0.1) is 12.7 Å². The van der Waals surface area contributed by atoms with Crippen molar-refractivity contribution in [2.45, 2.75) is 32.6 Å². The van der Waals surface area contributed by atoms with Gasteiger partial charge in [0.2, 0.25) is 5.95 Å². The maximum atomic E-state index is 14.3. The Kier molecular flexibility index (Phi) is 7.21. The van der Waals surface area contributed by atoms with Crippen LogP contribution in [0.5, 0.6) is 5.75 Å². The minimum absolute atomic E-state index is 0.0382. The van der Waals surface area contributed by atoms with Crippen molar-refractivity contribution in [1.82, 2.24) is 9.97 Å². The maximum Gasteiger partial charge on any atom is 0.227 e. The second kappa shape index (κ2) is 10.5. The Morgan fingerprint density at radius 1 is 1.21 bits per heavy atom. The van der Waals surface area contributed by atoms with E-state index in [1.165, 1.54) is 31.4 Å². The molecule has 1 aromatic heterocycles. The molecule has 176 valence electrons. The summed E-state index contributed by atoms with van der Waals surface area (Å²) in [5.74, 6) is 0.614. The number of hydrogen-bond donors (Lipinski definition) is 1. The minimum atomic E-state index is -0.424. The number of benzene rings is 2. The monoisotopic (exact) mass is 460 g/mol. The summed E-state index contributed by atoms with van der Waals surface area (Å²) >= 11 is 0. The van der Waals surface area contributed by atoms with E-state index in [1.54, 1.807) is 25.4 Å². The summed E-state index contributed by atoms with van der Waals surface area (Å²) in [7, 11) is 1.69. The van der Waals surface area contributed by atoms with Crippen molar-refractivity contribution < 1.29 is 13.9 Å². The molecule has 0 unspecified atom stereocenters. The SMILES string of the molecule is C=CC(=O)Cc1cc(-c2nc(Nc3ccc(OC)c(N4CCCCC4)c3)ncc2C)ccc1F. The summed E-state index contributed by atoms with van der Waals surface area (Å²) in [6.45, 7) is 7.38. The van der Waals surface area contributed by atoms with Crippen LogP contribution in [0.4, 0.5) is 21.7 Å². The first kappa shape index (κ1) is 23.4. The van der Waals surface area contributed by atoms with E-state index in [2.05, 4.69) is 27.8 Å². The number of hydrogen-bond acceptors (Lipinski definition) is 6. The number of anilines is 3. The summed E-state index contributed by atoms with van der Waals surface area (Å²) < 4.78 is 19.8. The first-order valence-corrected chi connectivity index (χ1v) is 11.5. The van der Waals surface area contributed by atoms with E-state index in [-0.39, 0.29) is 12.2 Å². The summed E-state index contributed by atoms with van der Waals surface area (Å²) in [6.07, 6.45) is 6.49. The van der Waals surface area contributed by atoms with Crippen LogP contribution in [0.2, 0.25) is 0 Å². The van der Waals surface area contributed by atoms with Gasteiger partial charge in [0.1, 0.15) is 11.6 Å². The van der Waals surface area contributed by atoms with Crippen molar-refractivity contribution in [3.63, 3.8) is 0 Å². The van der Waals surface area contributed by atoms with Gasteiger partial charge in [-0.3, -0.25) is 4.79 Å². The van der Waals surface area contributed by atoms with Gasteiger partial charge < -0.3 is 15.0 Å². The highest BCUT2D eigenvalue weighted by molar-refractivity contribution is 5.91. The van der Waals surface area contributed by atoms with Crippen LogP contribution < -0.4 is 15.0 Å². The predicted octanol–water partition coefficient (Wildman–Crippen LogP) is 5.63. The molecule has 4 rings (SSSR count). The normalized spacial score (nSPS) is 13.4. The molecule has 1 N–H and O–H groups in total. The molecule has 0 bridgehead atoms. The van der Waals surface area contributed by atoms with E-state index in [4.69, 9.17) is 9.72 Å². The highest BCUT2D eigenvalue weighted by atomic mass is 19.1. The molecule has 0 atom stereocenters. The molecular weight excluding hydrogens is 431 g/mol. The van der Waals surface area contributed by atoms with Crippen molar-refractivity contribution >= 4 is 23.1 Å². The maximum absolute atomic E-state index is 14.3. The molecule has 34 heavy (non-hydrogen) atoms. The molecule has 7 heteroatoms. The fourth-order valence-electron chi connectivity index (χ4n) is 4.19. The Balaban J connectivity index is 1.63. The number of carbonyl (C=O) groups excluding carboxylic acids is 1. The van der Waals surface area contributed by atoms with Crippen LogP contribution in [0.1, 0.15) is 30.4 Å². The summed E-state index contributed by atoms with van der Waals surface area (Å²) in [6, 6.07) is 10.6. The van der Waals surface area contributed by atoms with E-state index in [9.17, 15) is 9.18 Å². The van der Waals surface area contributed by atoms with E-state index < -0.39 is 5.82 Å². The quantitative estimate of drug-likeness (QED) is 0.440. The Morgan fingerprint density at radius 2 is 2.00 bits per heavy atom. The van der Waals surface area contributed by atoms with Gasteiger partial charge in [-0.25, -0.2) is 14.4 Å². The number of piperidine rings is 1. The van der Waals surface area contributed by atoms with E-state index in [1.807, 2.05) is 19.1 Å². The Morgan fingerprint density at radius 3 is 2.74 bits per heavy atom. The third kappa shape index (κ3) is 5.25. The molecule has 1 aliphatic heterocycles.